The van der Waals surface area contributed by atoms with Crippen LogP contribution in [0.4, 0.5) is 0 Å². The summed E-state index contributed by atoms with van der Waals surface area (Å²) in [6, 6.07) is 12.2. The number of carbonyl (C=O) groups is 1. The number of rotatable bonds is 12. The molecule has 0 aliphatic heterocycles. The van der Waals surface area contributed by atoms with Crippen molar-refractivity contribution in [3.63, 3.8) is 0 Å². The van der Waals surface area contributed by atoms with Gasteiger partial charge in [-0.3, -0.25) is 0 Å². The lowest BCUT2D eigenvalue weighted by Gasteiger charge is -2.19. The molecule has 0 heterocycles. The minimum atomic E-state index is -1.21. The Balaban J connectivity index is 1.94. The average Bonchev–Trinajstić information content (AvgIpc) is 2.67. The fraction of sp³-hybridized carbons (Fsp3) is 0.435. The van der Waals surface area contributed by atoms with Gasteiger partial charge in [-0.2, -0.15) is 0 Å². The molecule has 0 aromatic heterocycles. The third-order valence-corrected chi connectivity index (χ3v) is 4.59. The summed E-state index contributed by atoms with van der Waals surface area (Å²) < 4.78 is 11.5. The highest BCUT2D eigenvalue weighted by atomic mass is 16.7. The molecule has 0 saturated carbocycles. The Kier molecular flexibility index (Phi) is 8.66. The number of hydrogen-bond donors (Lipinski definition) is 2. The fourth-order valence-corrected chi connectivity index (χ4v) is 3.09. The molecular formula is C23H30O5. The molecule has 5 nitrogen and oxygen atoms in total. The molecule has 0 bridgehead atoms. The van der Waals surface area contributed by atoms with Gasteiger partial charge in [0, 0.05) is 6.92 Å². The maximum atomic E-state index is 11.1. The molecule has 28 heavy (non-hydrogen) atoms. The molecule has 2 aromatic carbocycles. The minimum Gasteiger partial charge on any atom is -0.504 e. The smallest absolute Gasteiger partial charge is 0.339 e. The largest absolute Gasteiger partial charge is 0.504 e. The molecule has 0 aliphatic carbocycles. The number of hydrogen-bond acceptors (Lipinski definition) is 4. The molecule has 5 heteroatoms. The topological polar surface area (TPSA) is 76.0 Å². The normalized spacial score (nSPS) is 11.8. The van der Waals surface area contributed by atoms with E-state index in [1.165, 1.54) is 50.3 Å². The third kappa shape index (κ3) is 6.48. The van der Waals surface area contributed by atoms with E-state index in [9.17, 15) is 9.90 Å². The average molecular weight is 386 g/mol. The van der Waals surface area contributed by atoms with Crippen LogP contribution in [-0.2, 0) is 6.42 Å². The van der Waals surface area contributed by atoms with Gasteiger partial charge in [0.2, 0.25) is 6.29 Å². The SMILES string of the molecule is CCCCCCCCc1ccccc1OC(C)Oc1cccc(C(=O)O)c1O. The molecule has 2 N–H and O–H groups in total. The van der Waals surface area contributed by atoms with Crippen molar-refractivity contribution < 1.29 is 24.5 Å². The second kappa shape index (κ2) is 11.2. The third-order valence-electron chi connectivity index (χ3n) is 4.59. The van der Waals surface area contributed by atoms with Gasteiger partial charge in [0.1, 0.15) is 11.3 Å². The van der Waals surface area contributed by atoms with Gasteiger partial charge in [-0.05, 0) is 36.6 Å². The molecule has 0 aliphatic rings. The first kappa shape index (κ1) is 21.6. The van der Waals surface area contributed by atoms with Gasteiger partial charge in [-0.1, -0.05) is 63.3 Å². The van der Waals surface area contributed by atoms with E-state index in [-0.39, 0.29) is 11.3 Å². The predicted molar refractivity (Wildman–Crippen MR) is 109 cm³/mol. The number of para-hydroxylation sites is 2. The van der Waals surface area contributed by atoms with Crippen LogP contribution in [-0.4, -0.2) is 22.5 Å². The van der Waals surface area contributed by atoms with Gasteiger partial charge in [0.15, 0.2) is 11.5 Å². The summed E-state index contributed by atoms with van der Waals surface area (Å²) in [6.07, 6.45) is 7.67. The molecule has 2 aromatic rings. The lowest BCUT2D eigenvalue weighted by Crippen LogP contribution is -2.20. The zero-order valence-corrected chi connectivity index (χ0v) is 16.7. The van der Waals surface area contributed by atoms with Gasteiger partial charge in [0.05, 0.1) is 0 Å². The summed E-state index contributed by atoms with van der Waals surface area (Å²) in [7, 11) is 0. The molecule has 1 atom stereocenters. The summed E-state index contributed by atoms with van der Waals surface area (Å²) in [5.41, 5.74) is 0.921. The first-order chi connectivity index (χ1) is 13.5. The van der Waals surface area contributed by atoms with Crippen LogP contribution in [0.3, 0.4) is 0 Å². The Labute approximate surface area is 166 Å². The van der Waals surface area contributed by atoms with Crippen LogP contribution in [0.5, 0.6) is 17.2 Å². The van der Waals surface area contributed by atoms with E-state index in [1.807, 2.05) is 18.2 Å². The second-order valence-corrected chi connectivity index (χ2v) is 6.89. The maximum absolute atomic E-state index is 11.1. The van der Waals surface area contributed by atoms with E-state index in [0.29, 0.717) is 0 Å². The van der Waals surface area contributed by atoms with Crippen LogP contribution in [0.2, 0.25) is 0 Å². The molecule has 152 valence electrons. The van der Waals surface area contributed by atoms with Gasteiger partial charge in [-0.25, -0.2) is 4.79 Å². The van der Waals surface area contributed by atoms with Crippen molar-refractivity contribution in [2.24, 2.45) is 0 Å². The summed E-state index contributed by atoms with van der Waals surface area (Å²) in [5, 5.41) is 19.2. The monoisotopic (exact) mass is 386 g/mol. The summed E-state index contributed by atoms with van der Waals surface area (Å²) in [5.74, 6) is -0.773. The van der Waals surface area contributed by atoms with Crippen molar-refractivity contribution in [3.05, 3.63) is 53.6 Å². The Hall–Kier alpha value is -2.69. The Morgan fingerprint density at radius 1 is 0.929 bits per heavy atom. The molecule has 1 unspecified atom stereocenters. The molecule has 2 rings (SSSR count). The molecule has 0 spiro atoms. The first-order valence-corrected chi connectivity index (χ1v) is 9.99. The molecular weight excluding hydrogens is 356 g/mol. The van der Waals surface area contributed by atoms with Crippen molar-refractivity contribution >= 4 is 5.97 Å². The predicted octanol–water partition coefficient (Wildman–Crippen LogP) is 5.80. The Bertz CT molecular complexity index is 756. The van der Waals surface area contributed by atoms with Crippen molar-refractivity contribution in [3.8, 4) is 17.2 Å². The van der Waals surface area contributed by atoms with E-state index >= 15 is 0 Å². The number of benzene rings is 2. The lowest BCUT2D eigenvalue weighted by molar-refractivity contribution is 0.0192. The van der Waals surface area contributed by atoms with Crippen LogP contribution in [0, 0.1) is 0 Å². The van der Waals surface area contributed by atoms with Gasteiger partial charge in [-0.15, -0.1) is 0 Å². The van der Waals surface area contributed by atoms with E-state index in [2.05, 4.69) is 13.0 Å². The van der Waals surface area contributed by atoms with Gasteiger partial charge in [0.25, 0.3) is 0 Å². The van der Waals surface area contributed by atoms with E-state index in [1.54, 1.807) is 6.92 Å². The van der Waals surface area contributed by atoms with Crippen molar-refractivity contribution in [1.82, 2.24) is 0 Å². The number of aromatic hydroxyl groups is 1. The van der Waals surface area contributed by atoms with E-state index < -0.39 is 18.0 Å². The van der Waals surface area contributed by atoms with Gasteiger partial charge >= 0.3 is 5.97 Å². The lowest BCUT2D eigenvalue weighted by atomic mass is 10.0. The quantitative estimate of drug-likeness (QED) is 0.356. The van der Waals surface area contributed by atoms with Crippen LogP contribution in [0.1, 0.15) is 68.3 Å². The molecule has 0 fully saturated rings. The number of unbranched alkanes of at least 4 members (excludes halogenated alkanes) is 5. The highest BCUT2D eigenvalue weighted by Crippen LogP contribution is 2.31. The second-order valence-electron chi connectivity index (χ2n) is 6.89. The van der Waals surface area contributed by atoms with Crippen LogP contribution >= 0.6 is 0 Å². The molecule has 0 saturated heterocycles. The maximum Gasteiger partial charge on any atom is 0.339 e. The van der Waals surface area contributed by atoms with E-state index in [4.69, 9.17) is 14.6 Å². The number of phenols is 1. The standard InChI is InChI=1S/C23H30O5/c1-3-4-5-6-7-8-12-18-13-9-10-15-20(18)27-17(2)28-21-16-11-14-19(22(21)24)23(25)26/h9-11,13-17,24H,3-8,12H2,1-2H3,(H,25,26). The summed E-state index contributed by atoms with van der Waals surface area (Å²) >= 11 is 0. The first-order valence-electron chi connectivity index (χ1n) is 9.99. The zero-order chi connectivity index (χ0) is 20.4. The highest BCUT2D eigenvalue weighted by Gasteiger charge is 2.17. The summed E-state index contributed by atoms with van der Waals surface area (Å²) in [4.78, 5) is 11.1. The number of ether oxygens (including phenoxy) is 2. The Morgan fingerprint density at radius 3 is 2.32 bits per heavy atom. The number of aromatic carboxylic acids is 1. The van der Waals surface area contributed by atoms with Crippen molar-refractivity contribution in [2.75, 3.05) is 0 Å². The van der Waals surface area contributed by atoms with E-state index in [0.717, 1.165) is 24.2 Å². The highest BCUT2D eigenvalue weighted by molar-refractivity contribution is 5.91. The number of carboxylic acids is 1. The fourth-order valence-electron chi connectivity index (χ4n) is 3.09. The van der Waals surface area contributed by atoms with Crippen LogP contribution in [0.15, 0.2) is 42.5 Å². The van der Waals surface area contributed by atoms with Gasteiger partial charge < -0.3 is 19.7 Å². The molecule has 0 amide bonds. The number of aryl methyl sites for hydroxylation is 1. The Morgan fingerprint density at radius 2 is 1.57 bits per heavy atom. The van der Waals surface area contributed by atoms with Crippen molar-refractivity contribution in [2.45, 2.75) is 65.1 Å². The van der Waals surface area contributed by atoms with Crippen molar-refractivity contribution in [1.29, 1.82) is 0 Å². The summed E-state index contributed by atoms with van der Waals surface area (Å²) in [6.45, 7) is 3.93. The minimum absolute atomic E-state index is 0.0841. The number of carboxylic acid groups (broad SMARTS) is 1. The van der Waals surface area contributed by atoms with Crippen LogP contribution in [0.25, 0.3) is 0 Å². The van der Waals surface area contributed by atoms with Crippen LogP contribution < -0.4 is 9.47 Å². The zero-order valence-electron chi connectivity index (χ0n) is 16.7. The molecule has 0 radical (unpaired) electrons.